The van der Waals surface area contributed by atoms with Crippen LogP contribution in [0.25, 0.3) is 24.3 Å². The van der Waals surface area contributed by atoms with E-state index in [2.05, 4.69) is 169 Å². The van der Waals surface area contributed by atoms with Crippen LogP contribution in [0.5, 0.6) is 0 Å². The summed E-state index contributed by atoms with van der Waals surface area (Å²) in [5, 5.41) is 0. The Hall–Kier alpha value is -4.18. The van der Waals surface area contributed by atoms with Gasteiger partial charge in [-0.15, -0.1) is 0 Å². The second-order valence-corrected chi connectivity index (χ2v) is 9.38. The maximum atomic E-state index is 2.22. The van der Waals surface area contributed by atoms with Crippen molar-refractivity contribution < 1.29 is 9.13 Å². The molecule has 0 spiro atoms. The molecule has 36 heavy (non-hydrogen) atoms. The lowest BCUT2D eigenvalue weighted by Gasteiger charge is -2.11. The third-order valence-corrected chi connectivity index (χ3v) is 6.21. The molecule has 4 heteroatoms. The minimum atomic E-state index is 0.925. The summed E-state index contributed by atoms with van der Waals surface area (Å²) in [6, 6.07) is 25.8. The summed E-state index contributed by atoms with van der Waals surface area (Å²) in [6.07, 6.45) is 17.2. The minimum Gasteiger partial charge on any atom is -0.378 e. The van der Waals surface area contributed by atoms with Crippen LogP contribution in [0.4, 0.5) is 11.4 Å². The average Bonchev–Trinajstić information content (AvgIpc) is 2.91. The molecule has 182 valence electrons. The van der Waals surface area contributed by atoms with Gasteiger partial charge >= 0.3 is 0 Å². The van der Waals surface area contributed by atoms with E-state index in [1.165, 1.54) is 33.6 Å². The van der Waals surface area contributed by atoms with Crippen LogP contribution < -0.4 is 18.9 Å². The van der Waals surface area contributed by atoms with Crippen molar-refractivity contribution in [2.24, 2.45) is 0 Å². The second-order valence-electron chi connectivity index (χ2n) is 9.38. The van der Waals surface area contributed by atoms with E-state index < -0.39 is 0 Å². The zero-order valence-electron chi connectivity index (χ0n) is 21.8. The molecule has 4 rings (SSSR count). The molecule has 0 radical (unpaired) electrons. The van der Waals surface area contributed by atoms with Gasteiger partial charge in [-0.1, -0.05) is 48.6 Å². The molecule has 2 heterocycles. The average molecular weight is 477 g/mol. The zero-order valence-corrected chi connectivity index (χ0v) is 21.8. The number of nitrogens with zero attached hydrogens (tertiary/aromatic N) is 4. The first kappa shape index (κ1) is 24.9. The maximum Gasteiger partial charge on any atom is 0.206 e. The van der Waals surface area contributed by atoms with Crippen molar-refractivity contribution in [3.8, 4) is 0 Å². The van der Waals surface area contributed by atoms with Gasteiger partial charge in [0.2, 0.25) is 13.1 Å². The maximum absolute atomic E-state index is 2.22. The number of hydrogen-bond acceptors (Lipinski definition) is 2. The molecular formula is C32H36N4+2. The highest BCUT2D eigenvalue weighted by Gasteiger charge is 2.06. The molecule has 2 aromatic heterocycles. The predicted octanol–water partition coefficient (Wildman–Crippen LogP) is 5.43. The Morgan fingerprint density at radius 2 is 0.722 bits per heavy atom. The van der Waals surface area contributed by atoms with Crippen LogP contribution in [-0.4, -0.2) is 28.2 Å². The molecule has 2 aromatic carbocycles. The van der Waals surface area contributed by atoms with E-state index in [1.54, 1.807) is 0 Å². The molecule has 4 nitrogen and oxygen atoms in total. The lowest BCUT2D eigenvalue weighted by atomic mass is 10.1. The van der Waals surface area contributed by atoms with Gasteiger partial charge in [-0.05, 0) is 46.5 Å². The van der Waals surface area contributed by atoms with Crippen LogP contribution in [0.3, 0.4) is 0 Å². The van der Waals surface area contributed by atoms with Gasteiger partial charge in [0, 0.05) is 63.8 Å². The molecule has 0 aliphatic carbocycles. The van der Waals surface area contributed by atoms with E-state index >= 15 is 0 Å². The number of benzene rings is 2. The first-order valence-electron chi connectivity index (χ1n) is 12.4. The van der Waals surface area contributed by atoms with Gasteiger partial charge in [-0.25, -0.2) is 0 Å². The number of aromatic nitrogens is 2. The molecule has 0 atom stereocenters. The summed E-state index contributed by atoms with van der Waals surface area (Å²) in [5.74, 6) is 0. The van der Waals surface area contributed by atoms with Crippen LogP contribution in [0.1, 0.15) is 22.3 Å². The van der Waals surface area contributed by atoms with Gasteiger partial charge < -0.3 is 9.80 Å². The Bertz CT molecular complexity index is 1180. The molecule has 0 aliphatic rings. The fourth-order valence-corrected chi connectivity index (χ4v) is 3.84. The monoisotopic (exact) mass is 476 g/mol. The highest BCUT2D eigenvalue weighted by Crippen LogP contribution is 2.15. The Kier molecular flexibility index (Phi) is 8.30. The first-order chi connectivity index (χ1) is 17.5. The highest BCUT2D eigenvalue weighted by molar-refractivity contribution is 5.71. The SMILES string of the molecule is CN(C)c1ccc(C=Cc2cc[n+](CC[n+]3ccc(C=Cc4ccc(N(C)C)cc4)cc3)cc2)cc1. The fraction of sp³-hybridized carbons (Fsp3) is 0.188. The van der Waals surface area contributed by atoms with Crippen LogP contribution >= 0.6 is 0 Å². The molecular weight excluding hydrogens is 440 g/mol. The fourth-order valence-electron chi connectivity index (χ4n) is 3.84. The summed E-state index contributed by atoms with van der Waals surface area (Å²) >= 11 is 0. The van der Waals surface area contributed by atoms with Crippen LogP contribution in [0.15, 0.2) is 97.6 Å². The number of anilines is 2. The van der Waals surface area contributed by atoms with Gasteiger partial charge in [0.25, 0.3) is 0 Å². The van der Waals surface area contributed by atoms with Gasteiger partial charge in [0.15, 0.2) is 24.8 Å². The van der Waals surface area contributed by atoms with Crippen molar-refractivity contribution in [3.63, 3.8) is 0 Å². The van der Waals surface area contributed by atoms with Gasteiger partial charge in [-0.2, -0.15) is 9.13 Å². The smallest absolute Gasteiger partial charge is 0.206 e. The Balaban J connectivity index is 1.27. The molecule has 0 aliphatic heterocycles. The lowest BCUT2D eigenvalue weighted by molar-refractivity contribution is -0.778. The largest absolute Gasteiger partial charge is 0.378 e. The summed E-state index contributed by atoms with van der Waals surface area (Å²) in [6.45, 7) is 1.85. The van der Waals surface area contributed by atoms with Crippen molar-refractivity contribution >= 4 is 35.7 Å². The quantitative estimate of drug-likeness (QED) is 0.299. The van der Waals surface area contributed by atoms with Gasteiger partial charge in [-0.3, -0.25) is 0 Å². The topological polar surface area (TPSA) is 14.2 Å². The molecule has 0 bridgehead atoms. The summed E-state index contributed by atoms with van der Waals surface area (Å²) in [4.78, 5) is 4.22. The Morgan fingerprint density at radius 3 is 1.00 bits per heavy atom. The normalized spacial score (nSPS) is 11.3. The van der Waals surface area contributed by atoms with E-state index in [4.69, 9.17) is 0 Å². The van der Waals surface area contributed by atoms with Crippen LogP contribution in [0.2, 0.25) is 0 Å². The zero-order chi connectivity index (χ0) is 25.3. The number of hydrogen-bond donors (Lipinski definition) is 0. The second kappa shape index (κ2) is 12.0. The van der Waals surface area contributed by atoms with Crippen molar-refractivity contribution in [1.29, 1.82) is 0 Å². The van der Waals surface area contributed by atoms with Crippen molar-refractivity contribution in [3.05, 3.63) is 120 Å². The summed E-state index contributed by atoms with van der Waals surface area (Å²) in [5.41, 5.74) is 7.22. The first-order valence-corrected chi connectivity index (χ1v) is 12.4. The number of pyridine rings is 2. The van der Waals surface area contributed by atoms with Crippen LogP contribution in [-0.2, 0) is 13.1 Å². The van der Waals surface area contributed by atoms with Crippen LogP contribution in [0, 0.1) is 0 Å². The van der Waals surface area contributed by atoms with E-state index in [0.29, 0.717) is 0 Å². The van der Waals surface area contributed by atoms with E-state index in [0.717, 1.165) is 13.1 Å². The van der Waals surface area contributed by atoms with Gasteiger partial charge in [0.1, 0.15) is 0 Å². The Labute approximate surface area is 215 Å². The number of aryl methyl sites for hydroxylation is 2. The van der Waals surface area contributed by atoms with E-state index in [1.807, 2.05) is 0 Å². The third kappa shape index (κ3) is 7.16. The van der Waals surface area contributed by atoms with Crippen molar-refractivity contribution in [2.75, 3.05) is 38.0 Å². The molecule has 0 saturated carbocycles. The molecule has 4 aromatic rings. The lowest BCUT2D eigenvalue weighted by Crippen LogP contribution is -2.43. The molecule has 0 amide bonds. The van der Waals surface area contributed by atoms with Crippen molar-refractivity contribution in [1.82, 2.24) is 0 Å². The summed E-state index contributed by atoms with van der Waals surface area (Å²) in [7, 11) is 8.23. The molecule has 0 fully saturated rings. The molecule has 0 saturated heterocycles. The number of rotatable bonds is 9. The van der Waals surface area contributed by atoms with Crippen molar-refractivity contribution in [2.45, 2.75) is 13.1 Å². The Morgan fingerprint density at radius 1 is 0.444 bits per heavy atom. The highest BCUT2D eigenvalue weighted by atomic mass is 15.1. The van der Waals surface area contributed by atoms with E-state index in [-0.39, 0.29) is 0 Å². The molecule has 0 N–H and O–H groups in total. The molecule has 0 unspecified atom stereocenters. The van der Waals surface area contributed by atoms with Gasteiger partial charge in [0.05, 0.1) is 0 Å². The summed E-state index contributed by atoms with van der Waals surface area (Å²) < 4.78 is 4.45. The standard InChI is InChI=1S/C32H36N4/c1-33(2)31-13-9-27(10-14-31)5-7-29-17-21-35(22-18-29)25-26-36-23-19-30(20-24-36)8-6-28-11-15-32(16-12-28)34(3)4/h5-24H,25-26H2,1-4H3/q+2. The minimum absolute atomic E-state index is 0.925. The van der Waals surface area contributed by atoms with E-state index in [9.17, 15) is 0 Å². The predicted molar refractivity (Wildman–Crippen MR) is 153 cm³/mol. The third-order valence-electron chi connectivity index (χ3n) is 6.21.